The maximum Gasteiger partial charge on any atom is 0.339 e. The number of isocyanates is 1. The number of hydrogen-bond acceptors (Lipinski definition) is 6. The van der Waals surface area contributed by atoms with Crippen molar-refractivity contribution in [2.75, 3.05) is 13.7 Å². The third-order valence-corrected chi connectivity index (χ3v) is 3.52. The SMILES string of the molecule is CCCOC(=O)c1cccc(OC)c1S(=O)(=O)N=C=O. The summed E-state index contributed by atoms with van der Waals surface area (Å²) >= 11 is 0. The molecule has 20 heavy (non-hydrogen) atoms. The smallest absolute Gasteiger partial charge is 0.339 e. The van der Waals surface area contributed by atoms with E-state index < -0.39 is 20.9 Å². The highest BCUT2D eigenvalue weighted by atomic mass is 32.2. The van der Waals surface area contributed by atoms with Crippen molar-refractivity contribution in [3.8, 4) is 5.75 Å². The van der Waals surface area contributed by atoms with Crippen LogP contribution in [-0.4, -0.2) is 34.2 Å². The summed E-state index contributed by atoms with van der Waals surface area (Å²) in [5.41, 5.74) is -0.239. The zero-order valence-electron chi connectivity index (χ0n) is 11.0. The van der Waals surface area contributed by atoms with Crippen LogP contribution in [0.2, 0.25) is 0 Å². The monoisotopic (exact) mass is 299 g/mol. The van der Waals surface area contributed by atoms with Gasteiger partial charge in [0.2, 0.25) is 0 Å². The molecule has 0 saturated heterocycles. The second-order valence-corrected chi connectivity index (χ2v) is 5.17. The molecule has 0 unspecified atom stereocenters. The van der Waals surface area contributed by atoms with E-state index in [-0.39, 0.29) is 17.9 Å². The Morgan fingerprint density at radius 1 is 1.40 bits per heavy atom. The Bertz CT molecular complexity index is 646. The molecule has 0 atom stereocenters. The fourth-order valence-electron chi connectivity index (χ4n) is 1.47. The summed E-state index contributed by atoms with van der Waals surface area (Å²) < 4.78 is 36.3. The minimum absolute atomic E-state index is 0.102. The van der Waals surface area contributed by atoms with Crippen molar-refractivity contribution in [3.05, 3.63) is 23.8 Å². The lowest BCUT2D eigenvalue weighted by molar-refractivity contribution is 0.0500. The normalized spacial score (nSPS) is 10.5. The van der Waals surface area contributed by atoms with Crippen LogP contribution < -0.4 is 4.74 Å². The van der Waals surface area contributed by atoms with Crippen molar-refractivity contribution in [2.45, 2.75) is 18.2 Å². The molecule has 0 radical (unpaired) electrons. The van der Waals surface area contributed by atoms with Crippen LogP contribution in [0.15, 0.2) is 27.5 Å². The van der Waals surface area contributed by atoms with Crippen LogP contribution in [0.3, 0.4) is 0 Å². The molecule has 0 heterocycles. The van der Waals surface area contributed by atoms with E-state index in [1.165, 1.54) is 25.3 Å². The number of sulfonamides is 1. The largest absolute Gasteiger partial charge is 0.495 e. The van der Waals surface area contributed by atoms with Gasteiger partial charge in [0.05, 0.1) is 19.3 Å². The number of benzene rings is 1. The highest BCUT2D eigenvalue weighted by Gasteiger charge is 2.27. The highest BCUT2D eigenvalue weighted by molar-refractivity contribution is 7.90. The van der Waals surface area contributed by atoms with Crippen LogP contribution in [0.25, 0.3) is 0 Å². The van der Waals surface area contributed by atoms with Gasteiger partial charge in [0, 0.05) is 0 Å². The molecule has 8 heteroatoms. The van der Waals surface area contributed by atoms with Gasteiger partial charge in [-0.1, -0.05) is 17.4 Å². The minimum Gasteiger partial charge on any atom is -0.495 e. The van der Waals surface area contributed by atoms with Gasteiger partial charge >= 0.3 is 5.97 Å². The lowest BCUT2D eigenvalue weighted by Gasteiger charge is -2.10. The van der Waals surface area contributed by atoms with Crippen molar-refractivity contribution in [2.24, 2.45) is 4.40 Å². The third kappa shape index (κ3) is 3.43. The molecule has 0 aromatic heterocycles. The Morgan fingerprint density at radius 3 is 2.65 bits per heavy atom. The summed E-state index contributed by atoms with van der Waals surface area (Å²) in [5.74, 6) is -0.930. The Balaban J connectivity index is 3.46. The minimum atomic E-state index is -4.38. The van der Waals surface area contributed by atoms with Crippen molar-refractivity contribution in [3.63, 3.8) is 0 Å². The van der Waals surface area contributed by atoms with E-state index in [0.717, 1.165) is 6.08 Å². The number of ether oxygens (including phenoxy) is 2. The summed E-state index contributed by atoms with van der Waals surface area (Å²) in [7, 11) is -3.14. The number of rotatable bonds is 6. The van der Waals surface area contributed by atoms with Gasteiger partial charge in [0.25, 0.3) is 16.1 Å². The first kappa shape index (κ1) is 15.9. The molecular weight excluding hydrogens is 286 g/mol. The van der Waals surface area contributed by atoms with Gasteiger partial charge in [-0.25, -0.2) is 9.59 Å². The Kier molecular flexibility index (Phi) is 5.42. The van der Waals surface area contributed by atoms with E-state index in [0.29, 0.717) is 6.42 Å². The van der Waals surface area contributed by atoms with Crippen LogP contribution >= 0.6 is 0 Å². The van der Waals surface area contributed by atoms with Crippen molar-refractivity contribution in [1.29, 1.82) is 0 Å². The molecule has 1 aromatic carbocycles. The summed E-state index contributed by atoms with van der Waals surface area (Å²) in [4.78, 5) is 21.6. The topological polar surface area (TPSA) is 99.1 Å². The van der Waals surface area contributed by atoms with Gasteiger partial charge < -0.3 is 9.47 Å². The molecule has 0 spiro atoms. The van der Waals surface area contributed by atoms with E-state index in [9.17, 15) is 18.0 Å². The summed E-state index contributed by atoms with van der Waals surface area (Å²) in [6.07, 6.45) is 1.53. The van der Waals surface area contributed by atoms with Crippen molar-refractivity contribution < 1.29 is 27.5 Å². The quantitative estimate of drug-likeness (QED) is 0.446. The van der Waals surface area contributed by atoms with Crippen molar-refractivity contribution in [1.82, 2.24) is 0 Å². The molecule has 1 aromatic rings. The molecule has 0 bridgehead atoms. The van der Waals surface area contributed by atoms with Gasteiger partial charge in [-0.3, -0.25) is 0 Å². The number of methoxy groups -OCH3 is 1. The fraction of sp³-hybridized carbons (Fsp3) is 0.333. The summed E-state index contributed by atoms with van der Waals surface area (Å²) in [6, 6.07) is 4.03. The van der Waals surface area contributed by atoms with Crippen molar-refractivity contribution >= 4 is 22.1 Å². The first-order valence-corrected chi connectivity index (χ1v) is 7.10. The number of nitrogens with zero attached hydrogens (tertiary/aromatic N) is 1. The molecule has 1 rings (SSSR count). The number of hydrogen-bond donors (Lipinski definition) is 0. The molecule has 0 aliphatic rings. The van der Waals surface area contributed by atoms with Gasteiger partial charge in [-0.05, 0) is 18.6 Å². The zero-order valence-corrected chi connectivity index (χ0v) is 11.8. The van der Waals surface area contributed by atoms with Crippen LogP contribution in [0, 0.1) is 0 Å². The van der Waals surface area contributed by atoms with E-state index in [1.807, 2.05) is 0 Å². The Labute approximate surface area is 116 Å². The maximum atomic E-state index is 11.9. The lowest BCUT2D eigenvalue weighted by atomic mass is 10.2. The second-order valence-electron chi connectivity index (χ2n) is 3.63. The van der Waals surface area contributed by atoms with E-state index >= 15 is 0 Å². The average Bonchev–Trinajstić information content (AvgIpc) is 2.43. The first-order valence-electron chi connectivity index (χ1n) is 5.66. The molecule has 108 valence electrons. The zero-order chi connectivity index (χ0) is 15.2. The van der Waals surface area contributed by atoms with E-state index in [4.69, 9.17) is 9.47 Å². The number of esters is 1. The fourth-order valence-corrected chi connectivity index (χ4v) is 2.49. The molecule has 0 amide bonds. The molecule has 0 saturated carbocycles. The van der Waals surface area contributed by atoms with Crippen LogP contribution in [0.1, 0.15) is 23.7 Å². The van der Waals surface area contributed by atoms with Gasteiger partial charge in [-0.15, -0.1) is 0 Å². The van der Waals surface area contributed by atoms with E-state index in [2.05, 4.69) is 4.40 Å². The number of carbonyl (C=O) groups excluding carboxylic acids is 2. The second kappa shape index (κ2) is 6.83. The maximum absolute atomic E-state index is 11.9. The molecule has 0 N–H and O–H groups in total. The molecule has 7 nitrogen and oxygen atoms in total. The Hall–Kier alpha value is -2.18. The highest BCUT2D eigenvalue weighted by Crippen LogP contribution is 2.29. The van der Waals surface area contributed by atoms with Crippen LogP contribution in [-0.2, 0) is 19.6 Å². The molecule has 0 aliphatic carbocycles. The number of carbonyl (C=O) groups is 1. The first-order chi connectivity index (χ1) is 9.47. The Morgan fingerprint density at radius 2 is 2.10 bits per heavy atom. The van der Waals surface area contributed by atoms with Gasteiger partial charge in [-0.2, -0.15) is 8.42 Å². The summed E-state index contributed by atoms with van der Waals surface area (Å²) in [6.45, 7) is 1.94. The molecule has 0 fully saturated rings. The predicted octanol–water partition coefficient (Wildman–Crippen LogP) is 1.29. The lowest BCUT2D eigenvalue weighted by Crippen LogP contribution is -2.12. The standard InChI is InChI=1S/C12H13NO6S/c1-3-7-19-12(15)9-5-4-6-10(18-2)11(9)20(16,17)13-8-14/h4-6H,3,7H2,1-2H3. The van der Waals surface area contributed by atoms with Gasteiger partial charge in [0.15, 0.2) is 0 Å². The molecular formula is C12H13NO6S. The average molecular weight is 299 g/mol. The van der Waals surface area contributed by atoms with E-state index in [1.54, 1.807) is 6.92 Å². The van der Waals surface area contributed by atoms with Gasteiger partial charge in [0.1, 0.15) is 10.6 Å². The van der Waals surface area contributed by atoms with Crippen LogP contribution in [0.4, 0.5) is 0 Å². The third-order valence-electron chi connectivity index (χ3n) is 2.27. The van der Waals surface area contributed by atoms with Crippen LogP contribution in [0.5, 0.6) is 5.75 Å². The molecule has 0 aliphatic heterocycles. The summed E-state index contributed by atoms with van der Waals surface area (Å²) in [5, 5.41) is 0. The predicted molar refractivity (Wildman–Crippen MR) is 68.9 cm³/mol.